The van der Waals surface area contributed by atoms with Crippen LogP contribution < -0.4 is 10.6 Å². The average Bonchev–Trinajstić information content (AvgIpc) is 2.78. The lowest BCUT2D eigenvalue weighted by Gasteiger charge is -2.29. The van der Waals surface area contributed by atoms with Gasteiger partial charge in [0.05, 0.1) is 0 Å². The molecule has 1 saturated carbocycles. The van der Waals surface area contributed by atoms with Gasteiger partial charge in [-0.15, -0.1) is 0 Å². The average molecular weight is 277 g/mol. The molecule has 112 valence electrons. The molecule has 0 aromatic carbocycles. The summed E-state index contributed by atoms with van der Waals surface area (Å²) in [6.45, 7) is 4.09. The Labute approximate surface area is 121 Å². The van der Waals surface area contributed by atoms with Gasteiger partial charge in [-0.25, -0.2) is 0 Å². The molecule has 0 unspecified atom stereocenters. The van der Waals surface area contributed by atoms with Crippen LogP contribution in [0.4, 0.5) is 0 Å². The summed E-state index contributed by atoms with van der Waals surface area (Å²) in [6.07, 6.45) is 9.38. The molecule has 0 aromatic heterocycles. The minimum Gasteiger partial charge on any atom is -0.317 e. The second-order valence-corrected chi connectivity index (χ2v) is 6.75. The van der Waals surface area contributed by atoms with E-state index in [4.69, 9.17) is 4.99 Å². The van der Waals surface area contributed by atoms with Crippen molar-refractivity contribution in [2.45, 2.75) is 63.8 Å². The number of carbonyl (C=O) groups excluding carboxylic acids is 1. The van der Waals surface area contributed by atoms with Gasteiger partial charge >= 0.3 is 0 Å². The maximum absolute atomic E-state index is 12.4. The molecule has 2 N–H and O–H groups in total. The zero-order valence-electron chi connectivity index (χ0n) is 12.6. The predicted octanol–water partition coefficient (Wildman–Crippen LogP) is 2.24. The molecule has 1 saturated heterocycles. The SMILES string of the molecule is CCC[C@@H]1CCC[C@H](C2=NC3(CCNCC3)C(=O)N2)C1. The van der Waals surface area contributed by atoms with Crippen LogP contribution in [0.25, 0.3) is 0 Å². The zero-order valence-corrected chi connectivity index (χ0v) is 12.6. The van der Waals surface area contributed by atoms with Gasteiger partial charge in [0.2, 0.25) is 0 Å². The van der Waals surface area contributed by atoms with Crippen LogP contribution in [-0.2, 0) is 4.79 Å². The Morgan fingerprint density at radius 3 is 2.85 bits per heavy atom. The summed E-state index contributed by atoms with van der Waals surface area (Å²) in [5.74, 6) is 2.51. The first-order chi connectivity index (χ1) is 9.73. The first kappa shape index (κ1) is 14.1. The van der Waals surface area contributed by atoms with E-state index in [0.29, 0.717) is 5.92 Å². The molecule has 20 heavy (non-hydrogen) atoms. The van der Waals surface area contributed by atoms with E-state index in [9.17, 15) is 4.79 Å². The summed E-state index contributed by atoms with van der Waals surface area (Å²) < 4.78 is 0. The summed E-state index contributed by atoms with van der Waals surface area (Å²) in [5.41, 5.74) is -0.432. The van der Waals surface area contributed by atoms with E-state index in [2.05, 4.69) is 17.6 Å². The third kappa shape index (κ3) is 2.62. The molecule has 3 aliphatic rings. The van der Waals surface area contributed by atoms with Crippen LogP contribution in [0.3, 0.4) is 0 Å². The van der Waals surface area contributed by atoms with Crippen molar-refractivity contribution in [1.29, 1.82) is 0 Å². The van der Waals surface area contributed by atoms with Crippen LogP contribution >= 0.6 is 0 Å². The van der Waals surface area contributed by atoms with Crippen molar-refractivity contribution in [2.75, 3.05) is 13.1 Å². The highest BCUT2D eigenvalue weighted by atomic mass is 16.2. The van der Waals surface area contributed by atoms with Crippen LogP contribution in [-0.4, -0.2) is 30.4 Å². The van der Waals surface area contributed by atoms with Crippen molar-refractivity contribution in [3.05, 3.63) is 0 Å². The van der Waals surface area contributed by atoms with Crippen molar-refractivity contribution < 1.29 is 4.79 Å². The van der Waals surface area contributed by atoms with Crippen LogP contribution in [0.5, 0.6) is 0 Å². The fraction of sp³-hybridized carbons (Fsp3) is 0.875. The molecule has 2 atom stereocenters. The summed E-state index contributed by atoms with van der Waals surface area (Å²) in [7, 11) is 0. The van der Waals surface area contributed by atoms with Gasteiger partial charge in [0, 0.05) is 5.92 Å². The van der Waals surface area contributed by atoms with E-state index in [0.717, 1.165) is 37.7 Å². The third-order valence-electron chi connectivity index (χ3n) is 5.30. The monoisotopic (exact) mass is 277 g/mol. The minimum atomic E-state index is -0.432. The van der Waals surface area contributed by atoms with E-state index in [1.165, 1.54) is 38.5 Å². The maximum Gasteiger partial charge on any atom is 0.253 e. The number of carbonyl (C=O) groups is 1. The Morgan fingerprint density at radius 2 is 2.10 bits per heavy atom. The first-order valence-electron chi connectivity index (χ1n) is 8.35. The second-order valence-electron chi connectivity index (χ2n) is 6.75. The lowest BCUT2D eigenvalue weighted by atomic mass is 9.79. The summed E-state index contributed by atoms with van der Waals surface area (Å²) in [5, 5.41) is 6.46. The first-order valence-corrected chi connectivity index (χ1v) is 8.35. The zero-order chi connectivity index (χ0) is 14.0. The maximum atomic E-state index is 12.4. The minimum absolute atomic E-state index is 0.159. The lowest BCUT2D eigenvalue weighted by Crippen LogP contribution is -2.47. The molecule has 1 aliphatic carbocycles. The lowest BCUT2D eigenvalue weighted by molar-refractivity contribution is -0.124. The molecular formula is C16H27N3O. The van der Waals surface area contributed by atoms with E-state index in [-0.39, 0.29) is 5.91 Å². The molecular weight excluding hydrogens is 250 g/mol. The molecule has 3 rings (SSSR count). The number of hydrogen-bond acceptors (Lipinski definition) is 3. The van der Waals surface area contributed by atoms with E-state index >= 15 is 0 Å². The van der Waals surface area contributed by atoms with Crippen molar-refractivity contribution in [3.8, 4) is 0 Å². The standard InChI is InChI=1S/C16H27N3O/c1-2-4-12-5-3-6-13(11-12)14-18-15(20)16(19-14)7-9-17-10-8-16/h12-13,17H,2-11H2,1H3,(H,18,19,20)/t12-,13+/m1/s1. The van der Waals surface area contributed by atoms with E-state index in [1.54, 1.807) is 0 Å². The molecule has 2 heterocycles. The van der Waals surface area contributed by atoms with E-state index in [1.807, 2.05) is 0 Å². The Balaban J connectivity index is 1.70. The highest BCUT2D eigenvalue weighted by Gasteiger charge is 2.45. The molecule has 1 spiro atoms. The van der Waals surface area contributed by atoms with E-state index < -0.39 is 5.54 Å². The van der Waals surface area contributed by atoms with Crippen molar-refractivity contribution in [3.63, 3.8) is 0 Å². The highest BCUT2D eigenvalue weighted by molar-refractivity contribution is 6.09. The number of amides is 1. The largest absolute Gasteiger partial charge is 0.317 e. The Kier molecular flexibility index (Phi) is 4.11. The van der Waals surface area contributed by atoms with Gasteiger partial charge in [-0.2, -0.15) is 0 Å². The third-order valence-corrected chi connectivity index (χ3v) is 5.30. The number of aliphatic imine (C=N–C) groups is 1. The topological polar surface area (TPSA) is 53.5 Å². The molecule has 0 aromatic rings. The number of piperidine rings is 1. The van der Waals surface area contributed by atoms with Crippen LogP contribution in [0.1, 0.15) is 58.3 Å². The molecule has 2 aliphatic heterocycles. The highest BCUT2D eigenvalue weighted by Crippen LogP contribution is 2.36. The number of hydrogen-bond donors (Lipinski definition) is 2. The summed E-state index contributed by atoms with van der Waals surface area (Å²) in [6, 6.07) is 0. The van der Waals surface area contributed by atoms with Crippen molar-refractivity contribution >= 4 is 11.7 Å². The molecule has 4 heteroatoms. The molecule has 2 fully saturated rings. The van der Waals surface area contributed by atoms with Gasteiger partial charge in [0.1, 0.15) is 11.4 Å². The Morgan fingerprint density at radius 1 is 1.30 bits per heavy atom. The number of amidine groups is 1. The Hall–Kier alpha value is -0.900. The van der Waals surface area contributed by atoms with Gasteiger partial charge < -0.3 is 10.6 Å². The molecule has 0 bridgehead atoms. The normalized spacial score (nSPS) is 33.0. The van der Waals surface area contributed by atoms with Crippen LogP contribution in [0, 0.1) is 11.8 Å². The molecule has 4 nitrogen and oxygen atoms in total. The smallest absolute Gasteiger partial charge is 0.253 e. The molecule has 1 amide bonds. The van der Waals surface area contributed by atoms with Crippen molar-refractivity contribution in [1.82, 2.24) is 10.6 Å². The molecule has 0 radical (unpaired) electrons. The fourth-order valence-electron chi connectivity index (χ4n) is 4.12. The predicted molar refractivity (Wildman–Crippen MR) is 80.8 cm³/mol. The van der Waals surface area contributed by atoms with Gasteiger partial charge in [0.15, 0.2) is 0 Å². The van der Waals surface area contributed by atoms with Crippen LogP contribution in [0.15, 0.2) is 4.99 Å². The Bertz CT molecular complexity index is 397. The summed E-state index contributed by atoms with van der Waals surface area (Å²) in [4.78, 5) is 17.3. The summed E-state index contributed by atoms with van der Waals surface area (Å²) >= 11 is 0. The quantitative estimate of drug-likeness (QED) is 0.831. The number of rotatable bonds is 3. The van der Waals surface area contributed by atoms with Gasteiger partial charge in [-0.3, -0.25) is 9.79 Å². The van der Waals surface area contributed by atoms with Crippen molar-refractivity contribution in [2.24, 2.45) is 16.8 Å². The number of nitrogens with zero attached hydrogens (tertiary/aromatic N) is 1. The van der Waals surface area contributed by atoms with Crippen LogP contribution in [0.2, 0.25) is 0 Å². The second kappa shape index (κ2) is 5.84. The number of nitrogens with one attached hydrogen (secondary N) is 2. The van der Waals surface area contributed by atoms with Gasteiger partial charge in [-0.1, -0.05) is 32.6 Å². The fourth-order valence-corrected chi connectivity index (χ4v) is 4.12. The van der Waals surface area contributed by atoms with Gasteiger partial charge in [-0.05, 0) is 44.7 Å². The van der Waals surface area contributed by atoms with Gasteiger partial charge in [0.25, 0.3) is 5.91 Å².